The fourth-order valence-electron chi connectivity index (χ4n) is 2.08. The number of hydrogen-bond donors (Lipinski definition) is 1. The van der Waals surface area contributed by atoms with E-state index < -0.39 is 42.3 Å². The normalized spacial score (nSPS) is 23.1. The number of alkyl halides is 5. The number of carboxylic acid groups (broad SMARTS) is 1. The molecule has 0 aromatic carbocycles. The minimum atomic E-state index is -5.75. The quantitative estimate of drug-likeness (QED) is 0.833. The fraction of sp³-hybridized carbons (Fsp3) is 0.600. The minimum Gasteiger partial charge on any atom is -0.543 e. The van der Waals surface area contributed by atoms with Gasteiger partial charge in [-0.3, -0.25) is 0 Å². The number of rotatable bonds is 2. The van der Waals surface area contributed by atoms with Crippen molar-refractivity contribution >= 4 is 11.8 Å². The molecule has 2 rings (SSSR count). The van der Waals surface area contributed by atoms with Crippen LogP contribution in [0.4, 0.5) is 27.8 Å². The molecule has 0 spiro atoms. The number of anilines is 1. The van der Waals surface area contributed by atoms with E-state index in [4.69, 9.17) is 0 Å². The molecule has 20 heavy (non-hydrogen) atoms. The molecule has 0 saturated heterocycles. The van der Waals surface area contributed by atoms with Gasteiger partial charge in [0.15, 0.2) is 0 Å². The number of aromatic nitrogens is 2. The third-order valence-electron chi connectivity index (χ3n) is 3.01. The predicted molar refractivity (Wildman–Crippen MR) is 54.3 cm³/mol. The molecule has 2 atom stereocenters. The van der Waals surface area contributed by atoms with Crippen molar-refractivity contribution in [1.29, 1.82) is 0 Å². The van der Waals surface area contributed by atoms with Crippen molar-refractivity contribution in [2.45, 2.75) is 37.5 Å². The lowest BCUT2D eigenvalue weighted by molar-refractivity contribution is -0.301. The number of nitrogens with one attached hydrogen (secondary N) is 1. The summed E-state index contributed by atoms with van der Waals surface area (Å²) in [6.07, 6.45) is -6.30. The van der Waals surface area contributed by atoms with Crippen LogP contribution in [-0.2, 0) is 0 Å². The van der Waals surface area contributed by atoms with E-state index in [1.54, 1.807) is 0 Å². The zero-order valence-corrected chi connectivity index (χ0v) is 10.0. The molecule has 0 aliphatic carbocycles. The van der Waals surface area contributed by atoms with Crippen molar-refractivity contribution in [2.75, 3.05) is 5.32 Å². The summed E-state index contributed by atoms with van der Waals surface area (Å²) in [5.74, 6) is -6.99. The maximum absolute atomic E-state index is 13.5. The van der Waals surface area contributed by atoms with Crippen LogP contribution in [0.25, 0.3) is 0 Å². The second-order valence-corrected chi connectivity index (χ2v) is 4.56. The van der Waals surface area contributed by atoms with E-state index in [0.717, 1.165) is 6.07 Å². The largest absolute Gasteiger partial charge is 0.543 e. The molecule has 1 aliphatic rings. The highest BCUT2D eigenvalue weighted by atomic mass is 19.4. The average Bonchev–Trinajstić information content (AvgIpc) is 2.69. The summed E-state index contributed by atoms with van der Waals surface area (Å²) >= 11 is 0. The first-order valence-corrected chi connectivity index (χ1v) is 5.56. The topological polar surface area (TPSA) is 70.0 Å². The summed E-state index contributed by atoms with van der Waals surface area (Å²) in [7, 11) is 0. The molecule has 1 N–H and O–H groups in total. The van der Waals surface area contributed by atoms with Crippen LogP contribution in [0, 0.1) is 0 Å². The lowest BCUT2D eigenvalue weighted by Gasteiger charge is -2.35. The Labute approximate surface area is 109 Å². The van der Waals surface area contributed by atoms with Crippen LogP contribution in [0.3, 0.4) is 0 Å². The molecule has 10 heteroatoms. The molecular formula is C10H9F5N3O2-. The van der Waals surface area contributed by atoms with Gasteiger partial charge in [-0.25, -0.2) is 4.68 Å². The van der Waals surface area contributed by atoms with Crippen LogP contribution in [0.1, 0.15) is 29.9 Å². The molecule has 0 saturated carbocycles. The van der Waals surface area contributed by atoms with Crippen LogP contribution in [0.15, 0.2) is 6.07 Å². The van der Waals surface area contributed by atoms with E-state index in [1.165, 1.54) is 6.92 Å². The van der Waals surface area contributed by atoms with E-state index in [2.05, 4.69) is 10.4 Å². The molecule has 0 amide bonds. The highest BCUT2D eigenvalue weighted by Gasteiger charge is 2.64. The average molecular weight is 298 g/mol. The Morgan fingerprint density at radius 1 is 1.45 bits per heavy atom. The molecule has 0 unspecified atom stereocenters. The van der Waals surface area contributed by atoms with E-state index in [0.29, 0.717) is 4.68 Å². The lowest BCUT2D eigenvalue weighted by Crippen LogP contribution is -2.48. The van der Waals surface area contributed by atoms with Gasteiger partial charge in [-0.15, -0.1) is 0 Å². The van der Waals surface area contributed by atoms with Gasteiger partial charge in [0, 0.05) is 12.1 Å². The van der Waals surface area contributed by atoms with Crippen molar-refractivity contribution in [2.24, 2.45) is 0 Å². The van der Waals surface area contributed by atoms with Gasteiger partial charge in [0.25, 0.3) is 0 Å². The number of halogens is 5. The SMILES string of the molecule is C[C@H]1C[C@@H](C(F)(F)C(F)(F)F)n2nc(C(=O)[O-])cc2N1. The summed E-state index contributed by atoms with van der Waals surface area (Å²) in [6, 6.07) is -2.13. The second-order valence-electron chi connectivity index (χ2n) is 4.56. The van der Waals surface area contributed by atoms with E-state index >= 15 is 0 Å². The Bertz CT molecular complexity index is 539. The van der Waals surface area contributed by atoms with Gasteiger partial charge < -0.3 is 15.2 Å². The van der Waals surface area contributed by atoms with Gasteiger partial charge in [-0.2, -0.15) is 27.1 Å². The number of carbonyl (C=O) groups excluding carboxylic acids is 1. The standard InChI is InChI=1S/C10H10F5N3O2/c1-4-2-6(9(11,12)10(13,14)15)18-7(16-4)3-5(17-18)8(19)20/h3-4,6,16H,2H2,1H3,(H,19,20)/p-1/t4-,6-/m0/s1. The Morgan fingerprint density at radius 2 is 2.05 bits per heavy atom. The highest BCUT2D eigenvalue weighted by molar-refractivity contribution is 5.84. The van der Waals surface area contributed by atoms with Gasteiger partial charge in [-0.1, -0.05) is 0 Å². The monoisotopic (exact) mass is 298 g/mol. The van der Waals surface area contributed by atoms with Crippen molar-refractivity contribution in [3.8, 4) is 0 Å². The van der Waals surface area contributed by atoms with Gasteiger partial charge in [0.05, 0.1) is 5.97 Å². The second kappa shape index (κ2) is 4.32. The molecule has 0 bridgehead atoms. The molecule has 5 nitrogen and oxygen atoms in total. The first-order valence-electron chi connectivity index (χ1n) is 5.56. The molecule has 0 fully saturated rings. The van der Waals surface area contributed by atoms with Gasteiger partial charge >= 0.3 is 12.1 Å². The number of carboxylic acids is 1. The Morgan fingerprint density at radius 3 is 2.55 bits per heavy atom. The summed E-state index contributed by atoms with van der Waals surface area (Å²) < 4.78 is 64.8. The Hall–Kier alpha value is -1.87. The van der Waals surface area contributed by atoms with Crippen LogP contribution in [-0.4, -0.2) is 33.9 Å². The summed E-state index contributed by atoms with van der Waals surface area (Å²) in [6.45, 7) is 1.41. The predicted octanol–water partition coefficient (Wildman–Crippen LogP) is 1.19. The summed E-state index contributed by atoms with van der Waals surface area (Å²) in [4.78, 5) is 10.6. The van der Waals surface area contributed by atoms with Crippen molar-refractivity contribution in [3.63, 3.8) is 0 Å². The molecule has 1 aliphatic heterocycles. The maximum atomic E-state index is 13.5. The van der Waals surface area contributed by atoms with Crippen molar-refractivity contribution in [3.05, 3.63) is 11.8 Å². The van der Waals surface area contributed by atoms with Crippen LogP contribution in [0.2, 0.25) is 0 Å². The molecule has 112 valence electrons. The smallest absolute Gasteiger partial charge is 0.455 e. The minimum absolute atomic E-state index is 0.211. The summed E-state index contributed by atoms with van der Waals surface area (Å²) in [5, 5.41) is 16.5. The van der Waals surface area contributed by atoms with Gasteiger partial charge in [0.2, 0.25) is 0 Å². The fourth-order valence-corrected chi connectivity index (χ4v) is 2.08. The van der Waals surface area contributed by atoms with E-state index in [-0.39, 0.29) is 5.82 Å². The highest BCUT2D eigenvalue weighted by Crippen LogP contribution is 2.47. The third-order valence-corrected chi connectivity index (χ3v) is 3.01. The molecule has 2 heterocycles. The number of hydrogen-bond acceptors (Lipinski definition) is 4. The van der Waals surface area contributed by atoms with Crippen molar-refractivity contribution < 1.29 is 31.9 Å². The Kier molecular flexibility index (Phi) is 3.14. The number of fused-ring (bicyclic) bond motifs is 1. The molecule has 1 aromatic rings. The maximum Gasteiger partial charge on any atom is 0.455 e. The first-order chi connectivity index (χ1) is 9.04. The number of nitrogens with zero attached hydrogens (tertiary/aromatic N) is 2. The lowest BCUT2D eigenvalue weighted by atomic mass is 9.99. The van der Waals surface area contributed by atoms with Crippen molar-refractivity contribution in [1.82, 2.24) is 9.78 Å². The van der Waals surface area contributed by atoms with Gasteiger partial charge in [0.1, 0.15) is 17.6 Å². The zero-order chi connectivity index (χ0) is 15.3. The molecule has 0 radical (unpaired) electrons. The first kappa shape index (κ1) is 14.5. The number of carbonyl (C=O) groups is 1. The Balaban J connectivity index is 2.50. The summed E-state index contributed by atoms with van der Waals surface area (Å²) in [5.41, 5.74) is -0.704. The van der Waals surface area contributed by atoms with Crippen LogP contribution >= 0.6 is 0 Å². The van der Waals surface area contributed by atoms with E-state index in [1.807, 2.05) is 0 Å². The molecule has 1 aromatic heterocycles. The zero-order valence-electron chi connectivity index (χ0n) is 10.0. The van der Waals surface area contributed by atoms with Crippen LogP contribution < -0.4 is 10.4 Å². The van der Waals surface area contributed by atoms with Crippen LogP contribution in [0.5, 0.6) is 0 Å². The number of aromatic carboxylic acids is 1. The van der Waals surface area contributed by atoms with Gasteiger partial charge in [-0.05, 0) is 13.3 Å². The third kappa shape index (κ3) is 2.18. The van der Waals surface area contributed by atoms with E-state index in [9.17, 15) is 31.9 Å². The molecular weight excluding hydrogens is 289 g/mol.